The van der Waals surface area contributed by atoms with Crippen LogP contribution >= 0.6 is 0 Å². The van der Waals surface area contributed by atoms with Gasteiger partial charge < -0.3 is 10.6 Å². The summed E-state index contributed by atoms with van der Waals surface area (Å²) in [6, 6.07) is 9.89. The number of aryl methyl sites for hydroxylation is 1. The summed E-state index contributed by atoms with van der Waals surface area (Å²) in [4.78, 5) is 23.7. The first-order valence-electron chi connectivity index (χ1n) is 8.25. The SMILES string of the molecule is CC(=O)NC(C(=O)NCCCc1ccccc1)C1CCCC1. The summed E-state index contributed by atoms with van der Waals surface area (Å²) >= 11 is 0. The first-order chi connectivity index (χ1) is 10.7. The minimum Gasteiger partial charge on any atom is -0.354 e. The maximum absolute atomic E-state index is 12.4. The highest BCUT2D eigenvalue weighted by Gasteiger charge is 2.30. The molecular weight excluding hydrogens is 276 g/mol. The Morgan fingerprint density at radius 1 is 1.18 bits per heavy atom. The third-order valence-corrected chi connectivity index (χ3v) is 4.30. The molecule has 4 nitrogen and oxygen atoms in total. The van der Waals surface area contributed by atoms with E-state index in [-0.39, 0.29) is 23.8 Å². The molecule has 1 aliphatic carbocycles. The van der Waals surface area contributed by atoms with E-state index >= 15 is 0 Å². The Kier molecular flexibility index (Phi) is 6.44. The van der Waals surface area contributed by atoms with Crippen LogP contribution in [0.25, 0.3) is 0 Å². The van der Waals surface area contributed by atoms with Gasteiger partial charge in [-0.15, -0.1) is 0 Å². The van der Waals surface area contributed by atoms with Gasteiger partial charge in [-0.1, -0.05) is 43.2 Å². The highest BCUT2D eigenvalue weighted by Crippen LogP contribution is 2.27. The number of carbonyl (C=O) groups excluding carboxylic acids is 2. The third kappa shape index (κ3) is 5.17. The average Bonchev–Trinajstić information content (AvgIpc) is 3.04. The molecule has 0 aliphatic heterocycles. The molecule has 0 saturated heterocycles. The topological polar surface area (TPSA) is 58.2 Å². The predicted molar refractivity (Wildman–Crippen MR) is 87.3 cm³/mol. The van der Waals surface area contributed by atoms with Gasteiger partial charge in [0.1, 0.15) is 6.04 Å². The van der Waals surface area contributed by atoms with Crippen molar-refractivity contribution in [1.82, 2.24) is 10.6 Å². The second-order valence-corrected chi connectivity index (χ2v) is 6.10. The normalized spacial score (nSPS) is 16.2. The lowest BCUT2D eigenvalue weighted by Crippen LogP contribution is -2.50. The summed E-state index contributed by atoms with van der Waals surface area (Å²) in [5, 5.41) is 5.81. The van der Waals surface area contributed by atoms with Gasteiger partial charge in [0.25, 0.3) is 0 Å². The van der Waals surface area contributed by atoms with E-state index in [1.807, 2.05) is 18.2 Å². The monoisotopic (exact) mass is 302 g/mol. The quantitative estimate of drug-likeness (QED) is 0.760. The first kappa shape index (κ1) is 16.5. The Bertz CT molecular complexity index is 481. The fourth-order valence-corrected chi connectivity index (χ4v) is 3.17. The number of rotatable bonds is 7. The van der Waals surface area contributed by atoms with Crippen LogP contribution in [0, 0.1) is 5.92 Å². The molecule has 2 rings (SSSR count). The van der Waals surface area contributed by atoms with Crippen molar-refractivity contribution < 1.29 is 9.59 Å². The van der Waals surface area contributed by atoms with Gasteiger partial charge in [-0.2, -0.15) is 0 Å². The van der Waals surface area contributed by atoms with Crippen molar-refractivity contribution in [3.63, 3.8) is 0 Å². The maximum atomic E-state index is 12.4. The van der Waals surface area contributed by atoms with E-state index < -0.39 is 0 Å². The Morgan fingerprint density at radius 2 is 1.86 bits per heavy atom. The lowest BCUT2D eigenvalue weighted by Gasteiger charge is -2.23. The predicted octanol–water partition coefficient (Wildman–Crippen LogP) is 2.43. The molecule has 120 valence electrons. The third-order valence-electron chi connectivity index (χ3n) is 4.30. The molecule has 22 heavy (non-hydrogen) atoms. The Morgan fingerprint density at radius 3 is 2.50 bits per heavy atom. The van der Waals surface area contributed by atoms with E-state index in [1.54, 1.807) is 0 Å². The second-order valence-electron chi connectivity index (χ2n) is 6.10. The molecule has 1 unspecified atom stereocenters. The van der Waals surface area contributed by atoms with E-state index in [2.05, 4.69) is 22.8 Å². The van der Waals surface area contributed by atoms with Crippen molar-refractivity contribution in [2.75, 3.05) is 6.54 Å². The Balaban J connectivity index is 1.76. The molecule has 1 fully saturated rings. The van der Waals surface area contributed by atoms with Gasteiger partial charge in [-0.3, -0.25) is 9.59 Å². The van der Waals surface area contributed by atoms with Crippen LogP contribution in [0.3, 0.4) is 0 Å². The van der Waals surface area contributed by atoms with Crippen LogP contribution in [0.5, 0.6) is 0 Å². The van der Waals surface area contributed by atoms with Crippen molar-refractivity contribution in [2.45, 2.75) is 51.5 Å². The van der Waals surface area contributed by atoms with Gasteiger partial charge in [-0.25, -0.2) is 0 Å². The number of amides is 2. The number of hydrogen-bond acceptors (Lipinski definition) is 2. The molecule has 4 heteroatoms. The van der Waals surface area contributed by atoms with Crippen molar-refractivity contribution in [3.05, 3.63) is 35.9 Å². The fraction of sp³-hybridized carbons (Fsp3) is 0.556. The van der Waals surface area contributed by atoms with Gasteiger partial charge >= 0.3 is 0 Å². The fourth-order valence-electron chi connectivity index (χ4n) is 3.17. The van der Waals surface area contributed by atoms with Crippen LogP contribution in [0.2, 0.25) is 0 Å². The molecule has 1 saturated carbocycles. The van der Waals surface area contributed by atoms with Crippen LogP contribution in [-0.4, -0.2) is 24.4 Å². The van der Waals surface area contributed by atoms with Crippen molar-refractivity contribution in [1.29, 1.82) is 0 Å². The molecule has 1 aromatic carbocycles. The first-order valence-corrected chi connectivity index (χ1v) is 8.25. The molecule has 0 spiro atoms. The zero-order valence-corrected chi connectivity index (χ0v) is 13.3. The minimum atomic E-state index is -0.364. The van der Waals surface area contributed by atoms with Gasteiger partial charge in [0.15, 0.2) is 0 Å². The summed E-state index contributed by atoms with van der Waals surface area (Å²) in [6.07, 6.45) is 6.23. The van der Waals surface area contributed by atoms with E-state index in [1.165, 1.54) is 12.5 Å². The van der Waals surface area contributed by atoms with E-state index in [0.29, 0.717) is 6.54 Å². The largest absolute Gasteiger partial charge is 0.354 e. The van der Waals surface area contributed by atoms with Gasteiger partial charge in [0.2, 0.25) is 11.8 Å². The molecule has 0 bridgehead atoms. The average molecular weight is 302 g/mol. The van der Waals surface area contributed by atoms with Crippen LogP contribution in [0.15, 0.2) is 30.3 Å². The summed E-state index contributed by atoms with van der Waals surface area (Å²) in [5.74, 6) is 0.129. The molecule has 1 aromatic rings. The Labute approximate surface area is 132 Å². The van der Waals surface area contributed by atoms with Crippen LogP contribution in [0.1, 0.15) is 44.6 Å². The number of hydrogen-bond donors (Lipinski definition) is 2. The summed E-state index contributed by atoms with van der Waals surface area (Å²) in [6.45, 7) is 2.13. The number of benzene rings is 1. The second kappa shape index (κ2) is 8.57. The molecule has 0 radical (unpaired) electrons. The lowest BCUT2D eigenvalue weighted by atomic mass is 9.97. The molecule has 0 heterocycles. The van der Waals surface area contributed by atoms with E-state index in [4.69, 9.17) is 0 Å². The van der Waals surface area contributed by atoms with E-state index in [0.717, 1.165) is 38.5 Å². The number of nitrogens with one attached hydrogen (secondary N) is 2. The summed E-state index contributed by atoms with van der Waals surface area (Å²) in [5.41, 5.74) is 1.28. The van der Waals surface area contributed by atoms with Crippen molar-refractivity contribution in [3.8, 4) is 0 Å². The zero-order valence-electron chi connectivity index (χ0n) is 13.3. The molecule has 0 aromatic heterocycles. The van der Waals surface area contributed by atoms with E-state index in [9.17, 15) is 9.59 Å². The number of carbonyl (C=O) groups is 2. The molecule has 2 amide bonds. The Hall–Kier alpha value is -1.84. The van der Waals surface area contributed by atoms with Gasteiger partial charge in [-0.05, 0) is 37.2 Å². The molecule has 1 atom stereocenters. The highest BCUT2D eigenvalue weighted by atomic mass is 16.2. The van der Waals surface area contributed by atoms with Crippen molar-refractivity contribution in [2.24, 2.45) is 5.92 Å². The van der Waals surface area contributed by atoms with Crippen LogP contribution < -0.4 is 10.6 Å². The molecule has 2 N–H and O–H groups in total. The zero-order chi connectivity index (χ0) is 15.8. The summed E-state index contributed by atoms with van der Waals surface area (Å²) < 4.78 is 0. The standard InChI is InChI=1S/C18H26N2O2/c1-14(21)20-17(16-11-5-6-12-16)18(22)19-13-7-10-15-8-3-2-4-9-15/h2-4,8-9,16-17H,5-7,10-13H2,1H3,(H,19,22)(H,20,21). The van der Waals surface area contributed by atoms with Crippen LogP contribution in [0.4, 0.5) is 0 Å². The van der Waals surface area contributed by atoms with Gasteiger partial charge in [0, 0.05) is 13.5 Å². The highest BCUT2D eigenvalue weighted by molar-refractivity contribution is 5.87. The minimum absolute atomic E-state index is 0.0323. The van der Waals surface area contributed by atoms with Crippen molar-refractivity contribution >= 4 is 11.8 Å². The van der Waals surface area contributed by atoms with Gasteiger partial charge in [0.05, 0.1) is 0 Å². The lowest BCUT2D eigenvalue weighted by molar-refractivity contribution is -0.129. The molecular formula is C18H26N2O2. The molecule has 1 aliphatic rings. The maximum Gasteiger partial charge on any atom is 0.242 e. The van der Waals surface area contributed by atoms with Crippen LogP contribution in [-0.2, 0) is 16.0 Å². The smallest absolute Gasteiger partial charge is 0.242 e. The summed E-state index contributed by atoms with van der Waals surface area (Å²) in [7, 11) is 0.